The number of benzene rings is 1. The van der Waals surface area contributed by atoms with Crippen LogP contribution in [0.2, 0.25) is 5.02 Å². The van der Waals surface area contributed by atoms with E-state index in [1.165, 1.54) is 5.56 Å². The van der Waals surface area contributed by atoms with E-state index in [0.717, 1.165) is 53.6 Å². The predicted molar refractivity (Wildman–Crippen MR) is 98.9 cm³/mol. The molecule has 1 aliphatic rings. The minimum atomic E-state index is 0.355. The number of hydrogen-bond acceptors (Lipinski definition) is 5. The third-order valence-corrected chi connectivity index (χ3v) is 4.62. The first kappa shape index (κ1) is 16.0. The topological polar surface area (TPSA) is 67.9 Å². The van der Waals surface area contributed by atoms with Gasteiger partial charge in [0.15, 0.2) is 0 Å². The first-order valence-corrected chi connectivity index (χ1v) is 8.59. The van der Waals surface area contributed by atoms with Gasteiger partial charge in [-0.05, 0) is 23.8 Å². The third kappa shape index (κ3) is 3.62. The van der Waals surface area contributed by atoms with Gasteiger partial charge in [0.25, 0.3) is 0 Å². The fourth-order valence-electron chi connectivity index (χ4n) is 3.12. The molecule has 25 heavy (non-hydrogen) atoms. The highest BCUT2D eigenvalue weighted by Crippen LogP contribution is 2.22. The Morgan fingerprint density at radius 1 is 1.12 bits per heavy atom. The van der Waals surface area contributed by atoms with Crippen molar-refractivity contribution in [1.82, 2.24) is 19.9 Å². The second kappa shape index (κ2) is 6.78. The van der Waals surface area contributed by atoms with E-state index in [9.17, 15) is 0 Å². The largest absolute Gasteiger partial charge is 0.368 e. The molecule has 0 radical (unpaired) electrons. The first-order valence-electron chi connectivity index (χ1n) is 8.21. The van der Waals surface area contributed by atoms with Crippen LogP contribution in [0.1, 0.15) is 16.8 Å². The summed E-state index contributed by atoms with van der Waals surface area (Å²) in [5.41, 5.74) is 11.0. The summed E-state index contributed by atoms with van der Waals surface area (Å²) in [6.07, 6.45) is 4.67. The zero-order valence-corrected chi connectivity index (χ0v) is 14.4. The first-order chi connectivity index (χ1) is 12.2. The van der Waals surface area contributed by atoms with E-state index >= 15 is 0 Å². The summed E-state index contributed by atoms with van der Waals surface area (Å²) in [5.74, 6) is 0.355. The standard InChI is InChI=1S/C19H18ClN5/c20-16-3-1-2-14(8-16)17-5-4-13(9-22-17)11-25-7-6-18-15(12-25)10-23-19(21)24-18/h1-5,8-10H,6-7,11-12H2,(H2,21,23,24). The number of anilines is 1. The molecule has 4 rings (SSSR count). The molecule has 0 fully saturated rings. The van der Waals surface area contributed by atoms with E-state index in [4.69, 9.17) is 17.3 Å². The van der Waals surface area contributed by atoms with Crippen LogP contribution in [0.15, 0.2) is 48.8 Å². The molecule has 6 heteroatoms. The number of nitrogens with zero attached hydrogens (tertiary/aromatic N) is 4. The molecule has 2 aromatic heterocycles. The molecule has 0 spiro atoms. The number of nitrogens with two attached hydrogens (primary N) is 1. The number of pyridine rings is 1. The van der Waals surface area contributed by atoms with Gasteiger partial charge in [0.05, 0.1) is 11.4 Å². The van der Waals surface area contributed by atoms with Gasteiger partial charge < -0.3 is 5.73 Å². The van der Waals surface area contributed by atoms with Gasteiger partial charge in [0.2, 0.25) is 5.95 Å². The van der Waals surface area contributed by atoms with Crippen molar-refractivity contribution in [3.05, 3.63) is 70.6 Å². The van der Waals surface area contributed by atoms with Crippen molar-refractivity contribution >= 4 is 17.5 Å². The average molecular weight is 352 g/mol. The number of rotatable bonds is 3. The van der Waals surface area contributed by atoms with E-state index < -0.39 is 0 Å². The summed E-state index contributed by atoms with van der Waals surface area (Å²) in [7, 11) is 0. The predicted octanol–water partition coefficient (Wildman–Crippen LogP) is 3.33. The van der Waals surface area contributed by atoms with Crippen molar-refractivity contribution in [3.63, 3.8) is 0 Å². The summed E-state index contributed by atoms with van der Waals surface area (Å²) in [4.78, 5) is 15.4. The normalized spacial score (nSPS) is 14.3. The fourth-order valence-corrected chi connectivity index (χ4v) is 3.31. The van der Waals surface area contributed by atoms with Crippen LogP contribution in [0.3, 0.4) is 0 Å². The molecule has 0 saturated carbocycles. The van der Waals surface area contributed by atoms with Gasteiger partial charge in [0, 0.05) is 54.6 Å². The number of halogens is 1. The SMILES string of the molecule is Nc1ncc2c(n1)CCN(Cc1ccc(-c3cccc(Cl)c3)nc1)C2. The molecule has 3 aromatic rings. The van der Waals surface area contributed by atoms with Crippen molar-refractivity contribution in [2.75, 3.05) is 12.3 Å². The zero-order chi connectivity index (χ0) is 17.2. The summed E-state index contributed by atoms with van der Waals surface area (Å²) < 4.78 is 0. The van der Waals surface area contributed by atoms with Gasteiger partial charge in [-0.25, -0.2) is 9.97 Å². The van der Waals surface area contributed by atoms with Crippen molar-refractivity contribution in [2.24, 2.45) is 0 Å². The fraction of sp³-hybridized carbons (Fsp3) is 0.211. The summed E-state index contributed by atoms with van der Waals surface area (Å²) in [5, 5.41) is 0.721. The number of hydrogen-bond donors (Lipinski definition) is 1. The third-order valence-electron chi connectivity index (χ3n) is 4.38. The van der Waals surface area contributed by atoms with Crippen molar-refractivity contribution in [1.29, 1.82) is 0 Å². The molecule has 5 nitrogen and oxygen atoms in total. The molecule has 0 atom stereocenters. The Labute approximate surface area is 151 Å². The van der Waals surface area contributed by atoms with E-state index in [1.54, 1.807) is 0 Å². The van der Waals surface area contributed by atoms with Crippen LogP contribution in [-0.2, 0) is 19.5 Å². The van der Waals surface area contributed by atoms with Crippen LogP contribution >= 0.6 is 11.6 Å². The molecular weight excluding hydrogens is 334 g/mol. The highest BCUT2D eigenvalue weighted by molar-refractivity contribution is 6.30. The van der Waals surface area contributed by atoms with Gasteiger partial charge >= 0.3 is 0 Å². The monoisotopic (exact) mass is 351 g/mol. The molecule has 1 aliphatic heterocycles. The van der Waals surface area contributed by atoms with E-state index in [2.05, 4.69) is 25.9 Å². The Balaban J connectivity index is 1.46. The van der Waals surface area contributed by atoms with Crippen LogP contribution < -0.4 is 5.73 Å². The van der Waals surface area contributed by atoms with Crippen molar-refractivity contribution in [3.8, 4) is 11.3 Å². The minimum Gasteiger partial charge on any atom is -0.368 e. The summed E-state index contributed by atoms with van der Waals surface area (Å²) in [6, 6.07) is 11.9. The maximum absolute atomic E-state index is 6.05. The Hall–Kier alpha value is -2.50. The highest BCUT2D eigenvalue weighted by atomic mass is 35.5. The molecule has 0 saturated heterocycles. The van der Waals surface area contributed by atoms with E-state index in [0.29, 0.717) is 5.95 Å². The lowest BCUT2D eigenvalue weighted by Crippen LogP contribution is -2.31. The molecule has 0 unspecified atom stereocenters. The summed E-state index contributed by atoms with van der Waals surface area (Å²) in [6.45, 7) is 2.65. The maximum atomic E-state index is 6.05. The van der Waals surface area contributed by atoms with Crippen LogP contribution in [0, 0.1) is 0 Å². The lowest BCUT2D eigenvalue weighted by atomic mass is 10.1. The molecular formula is C19H18ClN5. The highest BCUT2D eigenvalue weighted by Gasteiger charge is 2.18. The second-order valence-electron chi connectivity index (χ2n) is 6.22. The lowest BCUT2D eigenvalue weighted by molar-refractivity contribution is 0.243. The summed E-state index contributed by atoms with van der Waals surface area (Å²) >= 11 is 6.05. The van der Waals surface area contributed by atoms with Crippen molar-refractivity contribution in [2.45, 2.75) is 19.5 Å². The Morgan fingerprint density at radius 3 is 2.84 bits per heavy atom. The lowest BCUT2D eigenvalue weighted by Gasteiger charge is -2.27. The molecule has 0 amide bonds. The van der Waals surface area contributed by atoms with E-state index in [-0.39, 0.29) is 0 Å². The van der Waals surface area contributed by atoms with Crippen LogP contribution in [0.25, 0.3) is 11.3 Å². The van der Waals surface area contributed by atoms with E-state index in [1.807, 2.05) is 42.7 Å². The van der Waals surface area contributed by atoms with Gasteiger partial charge in [-0.2, -0.15) is 0 Å². The van der Waals surface area contributed by atoms with Crippen molar-refractivity contribution < 1.29 is 0 Å². The molecule has 1 aromatic carbocycles. The van der Waals surface area contributed by atoms with Gasteiger partial charge in [-0.1, -0.05) is 29.8 Å². The Morgan fingerprint density at radius 2 is 2.04 bits per heavy atom. The number of nitrogen functional groups attached to an aromatic ring is 1. The van der Waals surface area contributed by atoms with Gasteiger partial charge in [0.1, 0.15) is 0 Å². The Kier molecular flexibility index (Phi) is 4.34. The molecule has 0 bridgehead atoms. The van der Waals surface area contributed by atoms with Crippen LogP contribution in [0.4, 0.5) is 5.95 Å². The molecule has 3 heterocycles. The molecule has 2 N–H and O–H groups in total. The quantitative estimate of drug-likeness (QED) is 0.783. The number of fused-ring (bicyclic) bond motifs is 1. The van der Waals surface area contributed by atoms with Gasteiger partial charge in [-0.3, -0.25) is 9.88 Å². The number of aromatic nitrogens is 3. The average Bonchev–Trinajstić information content (AvgIpc) is 2.62. The van der Waals surface area contributed by atoms with Crippen LogP contribution in [0.5, 0.6) is 0 Å². The van der Waals surface area contributed by atoms with Crippen LogP contribution in [-0.4, -0.2) is 26.4 Å². The maximum Gasteiger partial charge on any atom is 0.220 e. The smallest absolute Gasteiger partial charge is 0.220 e. The molecule has 0 aliphatic carbocycles. The second-order valence-corrected chi connectivity index (χ2v) is 6.66. The van der Waals surface area contributed by atoms with Gasteiger partial charge in [-0.15, -0.1) is 0 Å². The Bertz CT molecular complexity index is 895. The zero-order valence-electron chi connectivity index (χ0n) is 13.7. The molecule has 126 valence electrons. The minimum absolute atomic E-state index is 0.355.